The first kappa shape index (κ1) is 28.2. The zero-order valence-electron chi connectivity index (χ0n) is 20.3. The number of sulfonamides is 1. The Morgan fingerprint density at radius 1 is 1.22 bits per heavy atom. The molecule has 1 fully saturated rings. The van der Waals surface area contributed by atoms with Crippen LogP contribution in [0.4, 0.5) is 5.69 Å². The number of fused-ring (bicyclic) bond motifs is 1. The van der Waals surface area contributed by atoms with Crippen molar-refractivity contribution in [3.05, 3.63) is 52.5 Å². The fourth-order valence-electron chi connectivity index (χ4n) is 4.83. The summed E-state index contributed by atoms with van der Waals surface area (Å²) in [5.74, 6) is 0.230. The van der Waals surface area contributed by atoms with E-state index in [0.29, 0.717) is 42.4 Å². The molecule has 2 aliphatic rings. The molecular weight excluding hydrogens is 606 g/mol. The van der Waals surface area contributed by atoms with Gasteiger partial charge < -0.3 is 9.64 Å². The van der Waals surface area contributed by atoms with Crippen molar-refractivity contribution in [3.8, 4) is 5.75 Å². The van der Waals surface area contributed by atoms with Crippen LogP contribution in [0.3, 0.4) is 0 Å². The largest absolute Gasteiger partial charge is 0.492 e. The number of anilines is 1. The van der Waals surface area contributed by atoms with Crippen molar-refractivity contribution >= 4 is 56.5 Å². The molecule has 0 saturated carbocycles. The summed E-state index contributed by atoms with van der Waals surface area (Å²) in [7, 11) is -8.45. The van der Waals surface area contributed by atoms with Gasteiger partial charge in [-0.2, -0.15) is 8.42 Å². The third-order valence-electron chi connectivity index (χ3n) is 6.84. The predicted octanol–water partition coefficient (Wildman–Crippen LogP) is 3.63. The number of hydrogen-bond donors (Lipinski definition) is 1. The number of carbonyl (C=O) groups excluding carboxylic acids is 1. The minimum atomic E-state index is -4.24. The minimum absolute atomic E-state index is 0.0213. The molecule has 13 heteroatoms. The zero-order valence-corrected chi connectivity index (χ0v) is 24.2. The van der Waals surface area contributed by atoms with E-state index in [1.807, 2.05) is 12.1 Å². The minimum Gasteiger partial charge on any atom is -0.492 e. The maximum Gasteiger partial charge on any atom is 0.296 e. The number of nitrogens with zero attached hydrogens (tertiary/aromatic N) is 2. The molecule has 9 nitrogen and oxygen atoms in total. The standard InChI is InChI=1S/C24H29BrClN3O6S2/c1-16-8-11-28(12-9-16)24(30)21(7-6-17-4-2-3-5-20(17)26)29(37(25,33)34)19-14-18-10-13-35-23(18)22(15-19)36(27,31)32/h2-5,14-16,21H,6-13H2,1H3,(H2,27,31,32). The highest BCUT2D eigenvalue weighted by Gasteiger charge is 2.38. The molecule has 0 spiro atoms. The Kier molecular flexibility index (Phi) is 8.44. The molecule has 1 unspecified atom stereocenters. The van der Waals surface area contributed by atoms with Crippen LogP contribution < -0.4 is 14.2 Å². The first-order valence-electron chi connectivity index (χ1n) is 11.9. The summed E-state index contributed by atoms with van der Waals surface area (Å²) in [5.41, 5.74) is 1.30. The van der Waals surface area contributed by atoms with Gasteiger partial charge in [0.1, 0.15) is 16.7 Å². The topological polar surface area (TPSA) is 127 Å². The lowest BCUT2D eigenvalue weighted by Crippen LogP contribution is -2.52. The number of hydrogen-bond acceptors (Lipinski definition) is 6. The Hall–Kier alpha value is -1.86. The van der Waals surface area contributed by atoms with Crippen molar-refractivity contribution in [1.29, 1.82) is 0 Å². The smallest absolute Gasteiger partial charge is 0.296 e. The second-order valence-corrected chi connectivity index (χ2v) is 15.1. The highest BCUT2D eigenvalue weighted by atomic mass is 79.9. The van der Waals surface area contributed by atoms with Crippen molar-refractivity contribution in [2.45, 2.75) is 50.0 Å². The summed E-state index contributed by atoms with van der Waals surface area (Å²) in [6, 6.07) is 8.73. The van der Waals surface area contributed by atoms with E-state index in [-0.39, 0.29) is 35.3 Å². The number of benzene rings is 2. The van der Waals surface area contributed by atoms with E-state index in [0.717, 1.165) is 28.8 Å². The van der Waals surface area contributed by atoms with Crippen LogP contribution >= 0.6 is 26.4 Å². The molecule has 37 heavy (non-hydrogen) atoms. The van der Waals surface area contributed by atoms with Gasteiger partial charge in [-0.25, -0.2) is 17.9 Å². The van der Waals surface area contributed by atoms with Gasteiger partial charge in [-0.3, -0.25) is 4.79 Å². The predicted molar refractivity (Wildman–Crippen MR) is 146 cm³/mol. The SMILES string of the molecule is CC1CCN(C(=O)C(CCc2ccccc2Cl)N(c2cc3c(c(S(N)(=O)=O)c2)OCC3)S(=O)(=O)Br)CC1. The molecule has 2 heterocycles. The number of piperidine rings is 1. The molecule has 0 aliphatic carbocycles. The number of aryl methyl sites for hydroxylation is 1. The fourth-order valence-corrected chi connectivity index (χ4v) is 7.75. The highest BCUT2D eigenvalue weighted by molar-refractivity contribution is 9.47. The van der Waals surface area contributed by atoms with Crippen molar-refractivity contribution in [2.24, 2.45) is 11.1 Å². The van der Waals surface area contributed by atoms with Crippen LogP contribution in [-0.2, 0) is 36.1 Å². The van der Waals surface area contributed by atoms with Crippen LogP contribution in [0.15, 0.2) is 41.3 Å². The summed E-state index contributed by atoms with van der Waals surface area (Å²) in [6.07, 6.45) is 2.46. The Morgan fingerprint density at radius 3 is 2.51 bits per heavy atom. The number of rotatable bonds is 8. The number of likely N-dealkylation sites (tertiary alicyclic amines) is 1. The lowest BCUT2D eigenvalue weighted by molar-refractivity contribution is -0.133. The second kappa shape index (κ2) is 11.1. The highest BCUT2D eigenvalue weighted by Crippen LogP contribution is 2.39. The Labute approximate surface area is 230 Å². The van der Waals surface area contributed by atoms with Gasteiger partial charge in [0.25, 0.3) is 8.46 Å². The van der Waals surface area contributed by atoms with Gasteiger partial charge in [0.2, 0.25) is 15.9 Å². The molecule has 202 valence electrons. The van der Waals surface area contributed by atoms with Gasteiger partial charge in [-0.1, -0.05) is 36.7 Å². The summed E-state index contributed by atoms with van der Waals surface area (Å²) < 4.78 is 57.6. The van der Waals surface area contributed by atoms with E-state index in [4.69, 9.17) is 21.5 Å². The van der Waals surface area contributed by atoms with Crippen LogP contribution in [0.25, 0.3) is 0 Å². The Balaban J connectivity index is 1.80. The average Bonchev–Trinajstić information content (AvgIpc) is 3.29. The van der Waals surface area contributed by atoms with E-state index in [9.17, 15) is 21.6 Å². The molecule has 1 amide bonds. The van der Waals surface area contributed by atoms with Crippen molar-refractivity contribution in [2.75, 3.05) is 24.0 Å². The van der Waals surface area contributed by atoms with Crippen molar-refractivity contribution in [1.82, 2.24) is 4.90 Å². The van der Waals surface area contributed by atoms with E-state index in [1.54, 1.807) is 23.1 Å². The quantitative estimate of drug-likeness (QED) is 0.442. The normalized spacial score (nSPS) is 17.2. The van der Waals surface area contributed by atoms with Crippen LogP contribution in [0.2, 0.25) is 5.02 Å². The van der Waals surface area contributed by atoms with Gasteiger partial charge in [0.05, 0.1) is 27.1 Å². The van der Waals surface area contributed by atoms with Gasteiger partial charge in [0.15, 0.2) is 0 Å². The van der Waals surface area contributed by atoms with E-state index in [2.05, 4.69) is 21.7 Å². The first-order valence-corrected chi connectivity index (χ1v) is 17.2. The number of amides is 1. The third kappa shape index (κ3) is 6.42. The molecule has 1 atom stereocenters. The van der Waals surface area contributed by atoms with Crippen molar-refractivity contribution < 1.29 is 26.4 Å². The van der Waals surface area contributed by atoms with Crippen LogP contribution in [0.1, 0.15) is 37.3 Å². The van der Waals surface area contributed by atoms with Gasteiger partial charge >= 0.3 is 0 Å². The van der Waals surface area contributed by atoms with E-state index >= 15 is 0 Å². The van der Waals surface area contributed by atoms with Crippen LogP contribution in [0.5, 0.6) is 5.75 Å². The number of ether oxygens (including phenoxy) is 1. The van der Waals surface area contributed by atoms with Crippen LogP contribution in [-0.4, -0.2) is 53.4 Å². The van der Waals surface area contributed by atoms with Crippen molar-refractivity contribution in [3.63, 3.8) is 0 Å². The summed E-state index contributed by atoms with van der Waals surface area (Å²) in [5, 5.41) is 5.96. The molecular formula is C24H29BrClN3O6S2. The van der Waals surface area contributed by atoms with Crippen LogP contribution in [0, 0.1) is 5.92 Å². The molecule has 2 aromatic rings. The van der Waals surface area contributed by atoms with E-state index in [1.165, 1.54) is 0 Å². The molecule has 2 aromatic carbocycles. The molecule has 0 aromatic heterocycles. The maximum atomic E-state index is 13.9. The Bertz CT molecular complexity index is 1400. The number of halogens is 2. The zero-order chi connectivity index (χ0) is 27.0. The van der Waals surface area contributed by atoms with Gasteiger partial charge in [-0.15, -0.1) is 0 Å². The van der Waals surface area contributed by atoms with E-state index < -0.39 is 24.5 Å². The third-order valence-corrected chi connectivity index (χ3v) is 9.99. The van der Waals surface area contributed by atoms with Gasteiger partial charge in [-0.05, 0) is 55.4 Å². The molecule has 4 rings (SSSR count). The second-order valence-electron chi connectivity index (χ2n) is 9.47. The van der Waals surface area contributed by atoms with Gasteiger partial charge in [0, 0.05) is 30.1 Å². The monoisotopic (exact) mass is 633 g/mol. The summed E-state index contributed by atoms with van der Waals surface area (Å²) >= 11 is 9.11. The first-order chi connectivity index (χ1) is 17.4. The molecule has 2 N–H and O–H groups in total. The summed E-state index contributed by atoms with van der Waals surface area (Å²) in [6.45, 7) is 3.38. The molecule has 0 radical (unpaired) electrons. The molecule has 2 aliphatic heterocycles. The fraction of sp³-hybridized carbons (Fsp3) is 0.458. The lowest BCUT2D eigenvalue weighted by Gasteiger charge is -2.37. The number of primary sulfonamides is 1. The lowest BCUT2D eigenvalue weighted by atomic mass is 9.97. The average molecular weight is 635 g/mol. The Morgan fingerprint density at radius 2 is 1.89 bits per heavy atom. The summed E-state index contributed by atoms with van der Waals surface area (Å²) in [4.78, 5) is 15.2. The molecule has 1 saturated heterocycles. The number of carbonyl (C=O) groups is 1. The number of nitrogens with two attached hydrogens (primary N) is 1. The maximum absolute atomic E-state index is 13.9. The molecule has 0 bridgehead atoms.